The van der Waals surface area contributed by atoms with Gasteiger partial charge in [0.2, 0.25) is 5.88 Å². The van der Waals surface area contributed by atoms with Crippen molar-refractivity contribution in [3.05, 3.63) is 83.4 Å². The molecule has 0 saturated heterocycles. The summed E-state index contributed by atoms with van der Waals surface area (Å²) in [5.74, 6) is 1.54. The number of carbonyl (C=O) groups is 1. The lowest BCUT2D eigenvalue weighted by Gasteiger charge is -2.31. The van der Waals surface area contributed by atoms with Crippen molar-refractivity contribution in [2.75, 3.05) is 5.73 Å². The molecule has 0 spiro atoms. The SMILES string of the molecule is Nc1ccccc1-c1nc2c3c(ncn2n1)OC1=C(C(=O)CCC1)C3c1ccccc1. The van der Waals surface area contributed by atoms with E-state index in [4.69, 9.17) is 15.5 Å². The Bertz CT molecular complexity index is 1370. The van der Waals surface area contributed by atoms with Crippen LogP contribution in [0.4, 0.5) is 5.69 Å². The zero-order valence-corrected chi connectivity index (χ0v) is 16.7. The zero-order valence-electron chi connectivity index (χ0n) is 16.7. The molecule has 7 nitrogen and oxygen atoms in total. The summed E-state index contributed by atoms with van der Waals surface area (Å²) < 4.78 is 7.78. The lowest BCUT2D eigenvalue weighted by molar-refractivity contribution is -0.116. The Morgan fingerprint density at radius 1 is 1.03 bits per heavy atom. The van der Waals surface area contributed by atoms with Crippen LogP contribution in [0.25, 0.3) is 17.0 Å². The van der Waals surface area contributed by atoms with E-state index in [1.807, 2.05) is 54.6 Å². The molecule has 0 radical (unpaired) electrons. The Hall–Kier alpha value is -4.00. The van der Waals surface area contributed by atoms with Gasteiger partial charge in [-0.05, 0) is 24.1 Å². The number of benzene rings is 2. The van der Waals surface area contributed by atoms with Crippen LogP contribution in [-0.4, -0.2) is 25.4 Å². The van der Waals surface area contributed by atoms with Crippen LogP contribution < -0.4 is 10.5 Å². The number of Topliss-reactive ketones (excluding diaryl/α,β-unsaturated/α-hetero) is 1. The number of hydrogen-bond acceptors (Lipinski definition) is 6. The third kappa shape index (κ3) is 2.73. The molecule has 2 aromatic carbocycles. The van der Waals surface area contributed by atoms with Crippen LogP contribution in [0.15, 0.2) is 72.3 Å². The Morgan fingerprint density at radius 2 is 1.84 bits per heavy atom. The van der Waals surface area contributed by atoms with Crippen molar-refractivity contribution in [3.8, 4) is 17.3 Å². The van der Waals surface area contributed by atoms with E-state index in [2.05, 4.69) is 10.1 Å². The number of rotatable bonds is 2. The summed E-state index contributed by atoms with van der Waals surface area (Å²) in [5.41, 5.74) is 10.6. The van der Waals surface area contributed by atoms with Gasteiger partial charge in [0.05, 0.1) is 5.56 Å². The number of nitrogen functional groups attached to an aromatic ring is 1. The number of fused-ring (bicyclic) bond motifs is 3. The first-order chi connectivity index (χ1) is 15.2. The number of aromatic nitrogens is 4. The van der Waals surface area contributed by atoms with E-state index in [9.17, 15) is 4.79 Å². The number of allylic oxidation sites excluding steroid dienone is 2. The van der Waals surface area contributed by atoms with Gasteiger partial charge in [-0.1, -0.05) is 42.5 Å². The summed E-state index contributed by atoms with van der Waals surface area (Å²) in [7, 11) is 0. The maximum Gasteiger partial charge on any atom is 0.228 e. The molecule has 152 valence electrons. The number of ether oxygens (including phenoxy) is 1. The Labute approximate surface area is 178 Å². The van der Waals surface area contributed by atoms with Crippen LogP contribution >= 0.6 is 0 Å². The van der Waals surface area contributed by atoms with Gasteiger partial charge in [-0.25, -0.2) is 14.5 Å². The second-order valence-corrected chi connectivity index (χ2v) is 7.81. The quantitative estimate of drug-likeness (QED) is 0.505. The second kappa shape index (κ2) is 6.77. The van der Waals surface area contributed by atoms with Crippen LogP contribution in [0.5, 0.6) is 5.88 Å². The lowest BCUT2D eigenvalue weighted by atomic mass is 9.78. The normalized spacial score (nSPS) is 17.9. The molecule has 0 fully saturated rings. The monoisotopic (exact) mass is 409 g/mol. The minimum absolute atomic E-state index is 0.120. The van der Waals surface area contributed by atoms with Crippen LogP contribution in [0.3, 0.4) is 0 Å². The fourth-order valence-corrected chi connectivity index (χ4v) is 4.51. The molecule has 7 heteroatoms. The van der Waals surface area contributed by atoms with Gasteiger partial charge in [0.15, 0.2) is 17.3 Å². The summed E-state index contributed by atoms with van der Waals surface area (Å²) >= 11 is 0. The first kappa shape index (κ1) is 17.8. The highest BCUT2D eigenvalue weighted by molar-refractivity contribution is 6.00. The predicted octanol–water partition coefficient (Wildman–Crippen LogP) is 3.90. The van der Waals surface area contributed by atoms with Gasteiger partial charge >= 0.3 is 0 Å². The fraction of sp³-hybridized carbons (Fsp3) is 0.167. The van der Waals surface area contributed by atoms with Crippen molar-refractivity contribution >= 4 is 17.1 Å². The van der Waals surface area contributed by atoms with Crippen molar-refractivity contribution in [3.63, 3.8) is 0 Å². The third-order valence-corrected chi connectivity index (χ3v) is 5.93. The van der Waals surface area contributed by atoms with Crippen molar-refractivity contribution in [1.29, 1.82) is 0 Å². The Balaban J connectivity index is 1.62. The predicted molar refractivity (Wildman–Crippen MR) is 115 cm³/mol. The van der Waals surface area contributed by atoms with Crippen molar-refractivity contribution < 1.29 is 9.53 Å². The molecule has 1 atom stereocenters. The zero-order chi connectivity index (χ0) is 20.9. The summed E-state index contributed by atoms with van der Waals surface area (Å²) in [5, 5.41) is 4.61. The highest BCUT2D eigenvalue weighted by atomic mass is 16.5. The number of hydrogen-bond donors (Lipinski definition) is 1. The van der Waals surface area contributed by atoms with E-state index < -0.39 is 0 Å². The van der Waals surface area contributed by atoms with Gasteiger partial charge in [-0.3, -0.25) is 4.79 Å². The van der Waals surface area contributed by atoms with E-state index in [0.29, 0.717) is 35.0 Å². The first-order valence-electron chi connectivity index (χ1n) is 10.3. The molecule has 0 bridgehead atoms. The highest BCUT2D eigenvalue weighted by Crippen LogP contribution is 2.47. The molecule has 3 heterocycles. The maximum absolute atomic E-state index is 13.0. The first-order valence-corrected chi connectivity index (χ1v) is 10.3. The van der Waals surface area contributed by atoms with E-state index in [1.54, 1.807) is 10.8 Å². The van der Waals surface area contributed by atoms with Crippen LogP contribution in [0.1, 0.15) is 36.3 Å². The van der Waals surface area contributed by atoms with Gasteiger partial charge in [0.1, 0.15) is 12.1 Å². The molecular formula is C24H19N5O2. The van der Waals surface area contributed by atoms with Crippen LogP contribution in [0.2, 0.25) is 0 Å². The van der Waals surface area contributed by atoms with E-state index in [1.165, 1.54) is 0 Å². The average molecular weight is 409 g/mol. The summed E-state index contributed by atoms with van der Waals surface area (Å²) in [6, 6.07) is 17.5. The van der Waals surface area contributed by atoms with Gasteiger partial charge in [0, 0.05) is 35.6 Å². The lowest BCUT2D eigenvalue weighted by Crippen LogP contribution is -2.26. The summed E-state index contributed by atoms with van der Waals surface area (Å²) in [4.78, 5) is 22.4. The second-order valence-electron chi connectivity index (χ2n) is 7.81. The smallest absolute Gasteiger partial charge is 0.228 e. The van der Waals surface area contributed by atoms with Gasteiger partial charge < -0.3 is 10.5 Å². The molecule has 2 N–H and O–H groups in total. The molecule has 6 rings (SSSR count). The van der Waals surface area contributed by atoms with E-state index >= 15 is 0 Å². The minimum atomic E-state index is -0.297. The van der Waals surface area contributed by atoms with E-state index in [-0.39, 0.29) is 11.7 Å². The molecule has 31 heavy (non-hydrogen) atoms. The van der Waals surface area contributed by atoms with Gasteiger partial charge in [0.25, 0.3) is 0 Å². The number of ketones is 1. The molecular weight excluding hydrogens is 390 g/mol. The topological polar surface area (TPSA) is 95.4 Å². The molecule has 0 amide bonds. The van der Waals surface area contributed by atoms with Crippen molar-refractivity contribution in [2.45, 2.75) is 25.2 Å². The maximum atomic E-state index is 13.0. The molecule has 4 aromatic rings. The number of carbonyl (C=O) groups excluding carboxylic acids is 1. The van der Waals surface area contributed by atoms with Gasteiger partial charge in [-0.2, -0.15) is 0 Å². The van der Waals surface area contributed by atoms with Crippen molar-refractivity contribution in [2.24, 2.45) is 0 Å². The molecule has 2 aromatic heterocycles. The molecule has 0 saturated carbocycles. The van der Waals surface area contributed by atoms with Crippen LogP contribution in [0, 0.1) is 0 Å². The Morgan fingerprint density at radius 3 is 2.68 bits per heavy atom. The van der Waals surface area contributed by atoms with Crippen molar-refractivity contribution in [1.82, 2.24) is 19.6 Å². The Kier molecular flexibility index (Phi) is 3.89. The summed E-state index contributed by atoms with van der Waals surface area (Å²) in [6.07, 6.45) is 3.65. The number of nitrogens with two attached hydrogens (primary N) is 1. The molecule has 1 aliphatic carbocycles. The third-order valence-electron chi connectivity index (χ3n) is 5.93. The minimum Gasteiger partial charge on any atom is -0.442 e. The van der Waals surface area contributed by atoms with Gasteiger partial charge in [-0.15, -0.1) is 5.10 Å². The number of nitrogens with zero attached hydrogens (tertiary/aromatic N) is 4. The standard InChI is InChI=1S/C24H19N5O2/c25-16-10-5-4-9-15(16)22-27-23-21-19(14-7-2-1-3-8-14)20-17(30)11-6-12-18(20)31-24(21)26-13-29(23)28-22/h1-5,7-10,13,19H,6,11-12,25H2. The highest BCUT2D eigenvalue weighted by Gasteiger charge is 2.39. The average Bonchev–Trinajstić information content (AvgIpc) is 3.23. The number of anilines is 1. The fourth-order valence-electron chi connectivity index (χ4n) is 4.51. The van der Waals surface area contributed by atoms with Crippen LogP contribution in [-0.2, 0) is 4.79 Å². The molecule has 1 unspecified atom stereocenters. The largest absolute Gasteiger partial charge is 0.442 e. The summed E-state index contributed by atoms with van der Waals surface area (Å²) in [6.45, 7) is 0. The molecule has 1 aliphatic heterocycles. The number of para-hydroxylation sites is 1. The molecule has 2 aliphatic rings. The van der Waals surface area contributed by atoms with E-state index in [0.717, 1.165) is 35.3 Å².